The van der Waals surface area contributed by atoms with Gasteiger partial charge in [0, 0.05) is 43.7 Å². The molecule has 0 saturated carbocycles. The molecule has 5 rings (SSSR count). The summed E-state index contributed by atoms with van der Waals surface area (Å²) in [6.45, 7) is 3.97. The predicted octanol–water partition coefficient (Wildman–Crippen LogP) is 2.55. The number of hydrogen-bond donors (Lipinski definition) is 1. The van der Waals surface area contributed by atoms with E-state index < -0.39 is 11.9 Å². The largest absolute Gasteiger partial charge is 0.493 e. The number of amides is 1. The first-order chi connectivity index (χ1) is 19.1. The van der Waals surface area contributed by atoms with Crippen molar-refractivity contribution in [2.24, 2.45) is 0 Å². The molecule has 0 atom stereocenters. The maximum Gasteiger partial charge on any atom is 0.339 e. The van der Waals surface area contributed by atoms with Gasteiger partial charge in [0.1, 0.15) is 12.4 Å². The summed E-state index contributed by atoms with van der Waals surface area (Å²) in [5.74, 6) is 0.511. The number of morpholine rings is 1. The summed E-state index contributed by atoms with van der Waals surface area (Å²) in [6.07, 6.45) is 3.01. The normalized spacial score (nSPS) is 13.7. The second-order valence-corrected chi connectivity index (χ2v) is 8.68. The minimum absolute atomic E-state index is 0.156. The van der Waals surface area contributed by atoms with Crippen LogP contribution in [0.5, 0.6) is 11.5 Å². The van der Waals surface area contributed by atoms with Gasteiger partial charge in [-0.25, -0.2) is 19.3 Å². The molecule has 12 heteroatoms. The molecule has 202 valence electrons. The first kappa shape index (κ1) is 26.1. The van der Waals surface area contributed by atoms with E-state index in [-0.39, 0.29) is 18.1 Å². The molecule has 39 heavy (non-hydrogen) atoms. The second-order valence-electron chi connectivity index (χ2n) is 8.68. The molecule has 0 spiro atoms. The van der Waals surface area contributed by atoms with Gasteiger partial charge >= 0.3 is 5.97 Å². The fourth-order valence-corrected chi connectivity index (χ4v) is 4.16. The van der Waals surface area contributed by atoms with E-state index in [0.717, 1.165) is 24.3 Å². The SMILES string of the molecule is COc1ccc(-c2ccnc3cc(C(=O)Nc4ccc(C(=O)OCCN5CCOCC5)cn4)nn23)cc1OC. The van der Waals surface area contributed by atoms with E-state index >= 15 is 0 Å². The third-order valence-electron chi connectivity index (χ3n) is 6.26. The molecule has 1 N–H and O–H groups in total. The Morgan fingerprint density at radius 3 is 2.56 bits per heavy atom. The van der Waals surface area contributed by atoms with Gasteiger partial charge in [-0.1, -0.05) is 0 Å². The van der Waals surface area contributed by atoms with E-state index in [9.17, 15) is 9.59 Å². The first-order valence-corrected chi connectivity index (χ1v) is 12.4. The van der Waals surface area contributed by atoms with Crippen molar-refractivity contribution >= 4 is 23.3 Å². The van der Waals surface area contributed by atoms with Crippen molar-refractivity contribution in [2.45, 2.75) is 0 Å². The van der Waals surface area contributed by atoms with E-state index in [0.29, 0.717) is 42.5 Å². The molecule has 1 saturated heterocycles. The highest BCUT2D eigenvalue weighted by molar-refractivity contribution is 6.03. The van der Waals surface area contributed by atoms with Crippen LogP contribution in [0, 0.1) is 0 Å². The van der Waals surface area contributed by atoms with Crippen LogP contribution in [-0.2, 0) is 9.47 Å². The van der Waals surface area contributed by atoms with Crippen molar-refractivity contribution < 1.29 is 28.5 Å². The average Bonchev–Trinajstić information content (AvgIpc) is 3.43. The van der Waals surface area contributed by atoms with Crippen molar-refractivity contribution in [3.63, 3.8) is 0 Å². The topological polar surface area (TPSA) is 129 Å². The fourth-order valence-electron chi connectivity index (χ4n) is 4.16. The maximum atomic E-state index is 12.9. The smallest absolute Gasteiger partial charge is 0.339 e. The summed E-state index contributed by atoms with van der Waals surface area (Å²) >= 11 is 0. The van der Waals surface area contributed by atoms with Gasteiger partial charge in [-0.15, -0.1) is 0 Å². The number of fused-ring (bicyclic) bond motifs is 1. The summed E-state index contributed by atoms with van der Waals surface area (Å²) in [4.78, 5) is 36.0. The lowest BCUT2D eigenvalue weighted by Crippen LogP contribution is -2.38. The van der Waals surface area contributed by atoms with Gasteiger partial charge in [-0.2, -0.15) is 5.10 Å². The van der Waals surface area contributed by atoms with Crippen molar-refractivity contribution in [1.82, 2.24) is 24.5 Å². The summed E-state index contributed by atoms with van der Waals surface area (Å²) < 4.78 is 23.0. The van der Waals surface area contributed by atoms with Gasteiger partial charge in [-0.3, -0.25) is 9.69 Å². The lowest BCUT2D eigenvalue weighted by Gasteiger charge is -2.26. The molecule has 4 aromatic rings. The zero-order valence-corrected chi connectivity index (χ0v) is 21.6. The number of carbonyl (C=O) groups is 2. The zero-order chi connectivity index (χ0) is 27.2. The Morgan fingerprint density at radius 1 is 1.00 bits per heavy atom. The summed E-state index contributed by atoms with van der Waals surface area (Å²) in [6, 6.07) is 12.0. The standard InChI is InChI=1S/C27H28N6O6/c1-36-22-5-3-18(15-23(22)37-2)21-7-8-28-25-16-20(31-33(21)25)26(34)30-24-6-4-19(17-29-24)27(35)39-14-11-32-9-12-38-13-10-32/h3-8,15-17H,9-14H2,1-2H3,(H,29,30,34). The van der Waals surface area contributed by atoms with Gasteiger partial charge in [0.25, 0.3) is 5.91 Å². The number of ether oxygens (including phenoxy) is 4. The Hall–Kier alpha value is -4.55. The number of pyridine rings is 1. The lowest BCUT2D eigenvalue weighted by molar-refractivity contribution is 0.0195. The number of anilines is 1. The highest BCUT2D eigenvalue weighted by Gasteiger charge is 2.17. The Balaban J connectivity index is 1.24. The zero-order valence-electron chi connectivity index (χ0n) is 21.6. The summed E-state index contributed by atoms with van der Waals surface area (Å²) in [7, 11) is 3.14. The maximum absolute atomic E-state index is 12.9. The molecular weight excluding hydrogens is 504 g/mol. The summed E-state index contributed by atoms with van der Waals surface area (Å²) in [5, 5.41) is 7.16. The molecule has 3 aromatic heterocycles. The van der Waals surface area contributed by atoms with Crippen LogP contribution in [0.2, 0.25) is 0 Å². The molecule has 1 amide bonds. The molecule has 0 bridgehead atoms. The van der Waals surface area contributed by atoms with Crippen LogP contribution in [0.15, 0.2) is 54.9 Å². The minimum atomic E-state index is -0.470. The predicted molar refractivity (Wildman–Crippen MR) is 141 cm³/mol. The number of hydrogen-bond acceptors (Lipinski definition) is 10. The van der Waals surface area contributed by atoms with Crippen LogP contribution >= 0.6 is 0 Å². The van der Waals surface area contributed by atoms with Crippen LogP contribution in [0.25, 0.3) is 16.9 Å². The molecule has 0 aliphatic carbocycles. The number of carbonyl (C=O) groups excluding carboxylic acids is 2. The average molecular weight is 533 g/mol. The Morgan fingerprint density at radius 2 is 1.82 bits per heavy atom. The first-order valence-electron chi connectivity index (χ1n) is 12.4. The molecule has 1 aromatic carbocycles. The monoisotopic (exact) mass is 532 g/mol. The molecule has 4 heterocycles. The Labute approximate surface area is 224 Å². The quantitative estimate of drug-likeness (QED) is 0.321. The van der Waals surface area contributed by atoms with Crippen LogP contribution in [0.1, 0.15) is 20.8 Å². The van der Waals surface area contributed by atoms with E-state index in [1.165, 1.54) is 6.20 Å². The molecule has 0 radical (unpaired) electrons. The van der Waals surface area contributed by atoms with Crippen molar-refractivity contribution in [2.75, 3.05) is 59.0 Å². The van der Waals surface area contributed by atoms with Gasteiger partial charge in [0.2, 0.25) is 0 Å². The molecular formula is C27H28N6O6. The van der Waals surface area contributed by atoms with E-state index in [2.05, 4.69) is 25.3 Å². The number of esters is 1. The minimum Gasteiger partial charge on any atom is -0.493 e. The molecule has 1 fully saturated rings. The van der Waals surface area contributed by atoms with Crippen molar-refractivity contribution in [3.05, 3.63) is 66.1 Å². The van der Waals surface area contributed by atoms with Gasteiger partial charge in [0.15, 0.2) is 22.8 Å². The number of aromatic nitrogens is 4. The molecule has 12 nitrogen and oxygen atoms in total. The number of methoxy groups -OCH3 is 2. The Bertz CT molecular complexity index is 1470. The third kappa shape index (κ3) is 5.97. The molecule has 0 unspecified atom stereocenters. The lowest BCUT2D eigenvalue weighted by atomic mass is 10.1. The van der Waals surface area contributed by atoms with Gasteiger partial charge < -0.3 is 24.3 Å². The number of benzene rings is 1. The van der Waals surface area contributed by atoms with Crippen LogP contribution < -0.4 is 14.8 Å². The van der Waals surface area contributed by atoms with Crippen molar-refractivity contribution in [1.29, 1.82) is 0 Å². The number of nitrogens with zero attached hydrogens (tertiary/aromatic N) is 5. The van der Waals surface area contributed by atoms with E-state index in [4.69, 9.17) is 18.9 Å². The Kier molecular flexibility index (Phi) is 7.94. The highest BCUT2D eigenvalue weighted by atomic mass is 16.5. The third-order valence-corrected chi connectivity index (χ3v) is 6.26. The number of rotatable bonds is 9. The van der Waals surface area contributed by atoms with Crippen LogP contribution in [0.4, 0.5) is 5.82 Å². The number of nitrogens with one attached hydrogen (secondary N) is 1. The molecule has 1 aliphatic rings. The summed E-state index contributed by atoms with van der Waals surface area (Å²) in [5.41, 5.74) is 2.48. The second kappa shape index (κ2) is 11.9. The van der Waals surface area contributed by atoms with Gasteiger partial charge in [0.05, 0.1) is 38.7 Å². The van der Waals surface area contributed by atoms with Crippen LogP contribution in [0.3, 0.4) is 0 Å². The van der Waals surface area contributed by atoms with E-state index in [1.54, 1.807) is 55.3 Å². The van der Waals surface area contributed by atoms with Gasteiger partial charge in [-0.05, 0) is 36.4 Å². The molecule has 1 aliphatic heterocycles. The highest BCUT2D eigenvalue weighted by Crippen LogP contribution is 2.32. The fraction of sp³-hybridized carbons (Fsp3) is 0.296. The van der Waals surface area contributed by atoms with E-state index in [1.807, 2.05) is 12.1 Å². The van der Waals surface area contributed by atoms with Crippen molar-refractivity contribution in [3.8, 4) is 22.8 Å². The van der Waals surface area contributed by atoms with Crippen LogP contribution in [-0.4, -0.2) is 90.0 Å².